The molecule has 1 aliphatic carbocycles. The molecule has 0 heterocycles. The molecular formula is C45H76O17P2. The molecule has 64 heavy (non-hydrogen) atoms. The summed E-state index contributed by atoms with van der Waals surface area (Å²) in [6.45, 7) is 2.78. The zero-order chi connectivity index (χ0) is 47.6. The van der Waals surface area contributed by atoms with Gasteiger partial charge in [0, 0.05) is 12.8 Å². The number of rotatable bonds is 36. The summed E-state index contributed by atoms with van der Waals surface area (Å²) in [6, 6.07) is 0. The van der Waals surface area contributed by atoms with Crippen LogP contribution < -0.4 is 0 Å². The van der Waals surface area contributed by atoms with Crippen LogP contribution in [-0.4, -0.2) is 114 Å². The molecule has 368 valence electrons. The van der Waals surface area contributed by atoms with Crippen molar-refractivity contribution in [3.8, 4) is 0 Å². The fourth-order valence-corrected chi connectivity index (χ4v) is 7.85. The van der Waals surface area contributed by atoms with Crippen LogP contribution in [0, 0.1) is 0 Å². The molecule has 0 radical (unpaired) electrons. The number of hydrogen-bond acceptors (Lipinski definition) is 14. The number of carbonyl (C=O) groups excluding carboxylic acids is 2. The van der Waals surface area contributed by atoms with E-state index < -0.39 is 89.6 Å². The number of phosphoric ester groups is 2. The van der Waals surface area contributed by atoms with Gasteiger partial charge in [0.2, 0.25) is 0 Å². The zero-order valence-corrected chi connectivity index (χ0v) is 39.3. The maximum atomic E-state index is 13.0. The molecule has 1 fully saturated rings. The molecule has 19 heteroatoms. The van der Waals surface area contributed by atoms with E-state index in [1.807, 2.05) is 61.6 Å². The first kappa shape index (κ1) is 59.4. The van der Waals surface area contributed by atoms with Crippen molar-refractivity contribution in [2.45, 2.75) is 185 Å². The number of unbranched alkanes of at least 4 members (excludes halogenated alkanes) is 10. The minimum absolute atomic E-state index is 0.00972. The Balaban J connectivity index is 2.67. The van der Waals surface area contributed by atoms with E-state index >= 15 is 0 Å². The van der Waals surface area contributed by atoms with Gasteiger partial charge >= 0.3 is 27.6 Å². The molecule has 17 nitrogen and oxygen atoms in total. The van der Waals surface area contributed by atoms with Crippen LogP contribution in [0.1, 0.15) is 136 Å². The number of ether oxygens (including phenoxy) is 2. The summed E-state index contributed by atoms with van der Waals surface area (Å²) < 4.78 is 49.2. The van der Waals surface area contributed by atoms with E-state index in [-0.39, 0.29) is 12.8 Å². The Morgan fingerprint density at radius 3 is 1.80 bits per heavy atom. The first-order chi connectivity index (χ1) is 30.5. The molecule has 6 unspecified atom stereocenters. The number of aliphatic hydroxyl groups is 5. The molecule has 0 amide bonds. The molecule has 1 rings (SSSR count). The Morgan fingerprint density at radius 2 is 1.14 bits per heavy atom. The lowest BCUT2D eigenvalue weighted by molar-refractivity contribution is -0.216. The standard InChI is InChI=1S/C45H76O17P2/c1-3-5-7-8-9-10-11-12-17-20-23-26-29-33-39(48)60-37(35-59-64(56,57)62-45-42(51)40(49)41(50)44(43(45)52)61-63(53,54)55)34-58-38(47)32-28-25-22-19-16-14-13-15-18-21-24-27-31-36(46)30-6-4-2/h6,10-11,13-14,18-19,21-22,24,27,30,36-37,40-46,49-52H,3-5,7-9,12,15-17,20,23,25-26,28-29,31-35H2,1-2H3,(H,56,57)(H2,53,54,55)/b11-10-,14-13-,21-18-,22-19-,27-24+,30-6-/t36?,37-,40?,41?,42?,43?,44-,45+/m1/s1. The third kappa shape index (κ3) is 29.8. The second kappa shape index (κ2) is 35.6. The summed E-state index contributed by atoms with van der Waals surface area (Å²) in [5, 5.41) is 50.9. The number of aliphatic hydroxyl groups excluding tert-OH is 5. The molecule has 1 saturated carbocycles. The van der Waals surface area contributed by atoms with Gasteiger partial charge in [-0.15, -0.1) is 0 Å². The van der Waals surface area contributed by atoms with Crippen molar-refractivity contribution < 1.29 is 82.0 Å². The SMILES string of the molecule is CC/C=C\C(O)C/C=C/C=C\C/C=C\C/C=C\CCCC(=O)OC[C@H](COP(=O)(O)O[C@H]1C(O)C(O)C(O)[C@@H](OP(=O)(O)O)C1O)OC(=O)CCCCCCC/C=C\CCCCCC. The second-order valence-electron chi connectivity index (χ2n) is 15.6. The average Bonchev–Trinajstić information content (AvgIpc) is 3.24. The Bertz CT molecular complexity index is 1540. The van der Waals surface area contributed by atoms with Gasteiger partial charge in [-0.25, -0.2) is 9.13 Å². The minimum Gasteiger partial charge on any atom is -0.462 e. The Kier molecular flexibility index (Phi) is 33.0. The number of esters is 2. The number of phosphoric acid groups is 2. The van der Waals surface area contributed by atoms with Gasteiger partial charge in [0.1, 0.15) is 43.2 Å². The van der Waals surface area contributed by atoms with Gasteiger partial charge in [0.15, 0.2) is 6.10 Å². The molecule has 9 atom stereocenters. The van der Waals surface area contributed by atoms with E-state index in [2.05, 4.69) is 23.6 Å². The van der Waals surface area contributed by atoms with E-state index in [0.29, 0.717) is 32.1 Å². The quantitative estimate of drug-likeness (QED) is 0.0103. The smallest absolute Gasteiger partial charge is 0.462 e. The van der Waals surface area contributed by atoms with Crippen LogP contribution in [0.5, 0.6) is 0 Å². The van der Waals surface area contributed by atoms with Crippen molar-refractivity contribution >= 4 is 27.6 Å². The summed E-state index contributed by atoms with van der Waals surface area (Å²) in [5.41, 5.74) is 0. The summed E-state index contributed by atoms with van der Waals surface area (Å²) in [6.07, 6.45) is 23.6. The molecule has 8 N–H and O–H groups in total. The van der Waals surface area contributed by atoms with Crippen molar-refractivity contribution in [1.29, 1.82) is 0 Å². The van der Waals surface area contributed by atoms with Crippen LogP contribution in [0.3, 0.4) is 0 Å². The Morgan fingerprint density at radius 1 is 0.594 bits per heavy atom. The normalized spacial score (nSPS) is 23.0. The van der Waals surface area contributed by atoms with E-state index in [9.17, 15) is 49.1 Å². The first-order valence-corrected chi connectivity index (χ1v) is 25.6. The lowest BCUT2D eigenvalue weighted by Gasteiger charge is -2.43. The monoisotopic (exact) mass is 950 g/mol. The first-order valence-electron chi connectivity index (χ1n) is 22.6. The van der Waals surface area contributed by atoms with Crippen molar-refractivity contribution in [2.75, 3.05) is 13.2 Å². The van der Waals surface area contributed by atoms with E-state index in [1.165, 1.54) is 25.7 Å². The molecule has 0 bridgehead atoms. The van der Waals surface area contributed by atoms with Gasteiger partial charge in [0.25, 0.3) is 0 Å². The van der Waals surface area contributed by atoms with Gasteiger partial charge in [-0.2, -0.15) is 0 Å². The van der Waals surface area contributed by atoms with Gasteiger partial charge in [-0.1, -0.05) is 125 Å². The van der Waals surface area contributed by atoms with Crippen molar-refractivity contribution in [1.82, 2.24) is 0 Å². The highest BCUT2D eigenvalue weighted by atomic mass is 31.2. The molecule has 0 spiro atoms. The largest absolute Gasteiger partial charge is 0.472 e. The highest BCUT2D eigenvalue weighted by Crippen LogP contribution is 2.49. The van der Waals surface area contributed by atoms with Crippen LogP contribution in [0.2, 0.25) is 0 Å². The third-order valence-corrected chi connectivity index (χ3v) is 11.3. The van der Waals surface area contributed by atoms with E-state index in [0.717, 1.165) is 51.4 Å². The molecule has 0 saturated heterocycles. The Hall–Kier alpha value is -2.60. The molecule has 0 aliphatic heterocycles. The predicted molar refractivity (Wildman–Crippen MR) is 242 cm³/mol. The topological polar surface area (TPSA) is 276 Å². The van der Waals surface area contributed by atoms with Crippen LogP contribution in [0.15, 0.2) is 72.9 Å². The lowest BCUT2D eigenvalue weighted by atomic mass is 9.85. The molecular weight excluding hydrogens is 874 g/mol. The Labute approximate surface area is 379 Å². The van der Waals surface area contributed by atoms with Gasteiger partial charge in [0.05, 0.1) is 12.7 Å². The van der Waals surface area contributed by atoms with Crippen molar-refractivity contribution in [3.05, 3.63) is 72.9 Å². The molecule has 0 aromatic rings. The highest BCUT2D eigenvalue weighted by molar-refractivity contribution is 7.47. The fraction of sp³-hybridized carbons (Fsp3) is 0.689. The maximum absolute atomic E-state index is 13.0. The number of hydrogen-bond donors (Lipinski definition) is 8. The van der Waals surface area contributed by atoms with Crippen LogP contribution in [0.25, 0.3) is 0 Å². The van der Waals surface area contributed by atoms with Crippen LogP contribution in [-0.2, 0) is 41.8 Å². The summed E-state index contributed by atoms with van der Waals surface area (Å²) in [7, 11) is -10.7. The van der Waals surface area contributed by atoms with Crippen molar-refractivity contribution in [2.24, 2.45) is 0 Å². The summed E-state index contributed by atoms with van der Waals surface area (Å²) in [5.74, 6) is -1.31. The predicted octanol–water partition coefficient (Wildman–Crippen LogP) is 7.03. The number of allylic oxidation sites excluding steroid dienone is 10. The number of carbonyl (C=O) groups is 2. The summed E-state index contributed by atoms with van der Waals surface area (Å²) in [4.78, 5) is 54.1. The second-order valence-corrected chi connectivity index (χ2v) is 18.2. The van der Waals surface area contributed by atoms with Gasteiger partial charge in [-0.05, 0) is 70.6 Å². The van der Waals surface area contributed by atoms with Crippen molar-refractivity contribution in [3.63, 3.8) is 0 Å². The maximum Gasteiger partial charge on any atom is 0.472 e. The minimum atomic E-state index is -5.38. The zero-order valence-electron chi connectivity index (χ0n) is 37.5. The summed E-state index contributed by atoms with van der Waals surface area (Å²) >= 11 is 0. The third-order valence-electron chi connectivity index (χ3n) is 9.84. The molecule has 1 aliphatic rings. The van der Waals surface area contributed by atoms with E-state index in [4.69, 9.17) is 28.3 Å². The fourth-order valence-electron chi connectivity index (χ4n) is 6.31. The van der Waals surface area contributed by atoms with Gasteiger partial charge in [-0.3, -0.25) is 23.2 Å². The van der Waals surface area contributed by atoms with Crippen LogP contribution >= 0.6 is 15.6 Å². The molecule has 0 aromatic carbocycles. The highest BCUT2D eigenvalue weighted by Gasteiger charge is 2.54. The average molecular weight is 951 g/mol. The van der Waals surface area contributed by atoms with Gasteiger partial charge < -0.3 is 49.7 Å². The molecule has 0 aromatic heterocycles. The van der Waals surface area contributed by atoms with Crippen LogP contribution in [0.4, 0.5) is 0 Å². The lowest BCUT2D eigenvalue weighted by Crippen LogP contribution is -2.64. The van der Waals surface area contributed by atoms with E-state index in [1.54, 1.807) is 6.08 Å².